The fraction of sp³-hybridized carbons (Fsp3) is 0.692. The van der Waals surface area contributed by atoms with Crippen molar-refractivity contribution in [3.8, 4) is 0 Å². The number of hydrogen-bond donors (Lipinski definition) is 0. The smallest absolute Gasteiger partial charge is 0.375 e. The van der Waals surface area contributed by atoms with Crippen LogP contribution < -0.4 is 0 Å². The van der Waals surface area contributed by atoms with Crippen molar-refractivity contribution in [2.75, 3.05) is 7.11 Å². The van der Waals surface area contributed by atoms with Gasteiger partial charge in [0.2, 0.25) is 11.7 Å². The second-order valence-electron chi connectivity index (χ2n) is 4.58. The van der Waals surface area contributed by atoms with Crippen molar-refractivity contribution in [1.29, 1.82) is 0 Å². The van der Waals surface area contributed by atoms with Crippen LogP contribution in [0.4, 0.5) is 0 Å². The highest BCUT2D eigenvalue weighted by Crippen LogP contribution is 2.33. The second-order valence-corrected chi connectivity index (χ2v) is 4.58. The molecule has 0 N–H and O–H groups in total. The van der Waals surface area contributed by atoms with Gasteiger partial charge in [0, 0.05) is 0 Å². The number of oxazole rings is 1. The third kappa shape index (κ3) is 2.56. The highest BCUT2D eigenvalue weighted by Gasteiger charge is 2.30. The SMILES string of the molecule is CCCc1nc(C2CCC(C)O2)oc1C(=O)OC. The summed E-state index contributed by atoms with van der Waals surface area (Å²) < 4.78 is 15.9. The largest absolute Gasteiger partial charge is 0.463 e. The van der Waals surface area contributed by atoms with Crippen LogP contribution in [-0.2, 0) is 15.9 Å². The topological polar surface area (TPSA) is 61.6 Å². The molecular formula is C13H19NO4. The molecule has 0 bridgehead atoms. The van der Waals surface area contributed by atoms with E-state index >= 15 is 0 Å². The molecule has 0 radical (unpaired) electrons. The minimum Gasteiger partial charge on any atom is -0.463 e. The standard InChI is InChI=1S/C13H19NO4/c1-4-5-9-11(13(15)16-3)18-12(14-9)10-7-6-8(2)17-10/h8,10H,4-7H2,1-3H3. The Hall–Kier alpha value is -1.36. The van der Waals surface area contributed by atoms with Gasteiger partial charge in [-0.3, -0.25) is 0 Å². The van der Waals surface area contributed by atoms with Crippen LogP contribution in [0.1, 0.15) is 61.4 Å². The predicted molar refractivity (Wildman–Crippen MR) is 64.4 cm³/mol. The molecule has 18 heavy (non-hydrogen) atoms. The summed E-state index contributed by atoms with van der Waals surface area (Å²) in [7, 11) is 1.34. The van der Waals surface area contributed by atoms with Gasteiger partial charge in [0.25, 0.3) is 0 Å². The van der Waals surface area contributed by atoms with Crippen LogP contribution in [0.25, 0.3) is 0 Å². The van der Waals surface area contributed by atoms with Crippen LogP contribution in [0.15, 0.2) is 4.42 Å². The van der Waals surface area contributed by atoms with E-state index in [1.807, 2.05) is 13.8 Å². The minimum atomic E-state index is -0.469. The monoisotopic (exact) mass is 253 g/mol. The maximum atomic E-state index is 11.6. The van der Waals surface area contributed by atoms with E-state index in [4.69, 9.17) is 13.9 Å². The first-order valence-corrected chi connectivity index (χ1v) is 6.39. The first-order valence-electron chi connectivity index (χ1n) is 6.39. The van der Waals surface area contributed by atoms with E-state index in [1.165, 1.54) is 7.11 Å². The maximum Gasteiger partial charge on any atom is 0.375 e. The van der Waals surface area contributed by atoms with Crippen LogP contribution in [0.5, 0.6) is 0 Å². The van der Waals surface area contributed by atoms with Crippen molar-refractivity contribution in [2.24, 2.45) is 0 Å². The first kappa shape index (κ1) is 13.1. The summed E-state index contributed by atoms with van der Waals surface area (Å²) in [6, 6.07) is 0. The molecule has 0 spiro atoms. The van der Waals surface area contributed by atoms with Crippen molar-refractivity contribution in [3.63, 3.8) is 0 Å². The lowest BCUT2D eigenvalue weighted by Gasteiger charge is -2.05. The van der Waals surface area contributed by atoms with Gasteiger partial charge >= 0.3 is 5.97 Å². The highest BCUT2D eigenvalue weighted by atomic mass is 16.5. The van der Waals surface area contributed by atoms with Gasteiger partial charge in [-0.15, -0.1) is 0 Å². The van der Waals surface area contributed by atoms with Crippen LogP contribution in [0.2, 0.25) is 0 Å². The molecule has 5 heteroatoms. The maximum absolute atomic E-state index is 11.6. The van der Waals surface area contributed by atoms with Gasteiger partial charge in [0.05, 0.1) is 18.9 Å². The Bertz CT molecular complexity index is 427. The van der Waals surface area contributed by atoms with Gasteiger partial charge in [-0.05, 0) is 26.2 Å². The average molecular weight is 253 g/mol. The quantitative estimate of drug-likeness (QED) is 0.772. The van der Waals surface area contributed by atoms with E-state index in [-0.39, 0.29) is 18.0 Å². The molecule has 2 atom stereocenters. The van der Waals surface area contributed by atoms with E-state index in [0.29, 0.717) is 18.0 Å². The number of esters is 1. The summed E-state index contributed by atoms with van der Waals surface area (Å²) in [4.78, 5) is 16.0. The summed E-state index contributed by atoms with van der Waals surface area (Å²) in [5.41, 5.74) is 0.669. The summed E-state index contributed by atoms with van der Waals surface area (Å²) in [6.45, 7) is 4.06. The zero-order chi connectivity index (χ0) is 13.1. The molecule has 1 aliphatic heterocycles. The van der Waals surface area contributed by atoms with Crippen molar-refractivity contribution >= 4 is 5.97 Å². The number of aryl methyl sites for hydroxylation is 1. The number of methoxy groups -OCH3 is 1. The molecule has 1 aromatic rings. The lowest BCUT2D eigenvalue weighted by Crippen LogP contribution is -2.03. The van der Waals surface area contributed by atoms with E-state index < -0.39 is 5.97 Å². The molecule has 2 unspecified atom stereocenters. The molecule has 0 saturated carbocycles. The third-order valence-corrected chi connectivity index (χ3v) is 3.08. The van der Waals surface area contributed by atoms with E-state index in [2.05, 4.69) is 4.98 Å². The van der Waals surface area contributed by atoms with Crippen LogP contribution >= 0.6 is 0 Å². The minimum absolute atomic E-state index is 0.131. The number of carbonyl (C=O) groups is 1. The summed E-state index contributed by atoms with van der Waals surface area (Å²) in [5, 5.41) is 0. The fourth-order valence-corrected chi connectivity index (χ4v) is 2.15. The Balaban J connectivity index is 2.24. The van der Waals surface area contributed by atoms with E-state index in [0.717, 1.165) is 19.3 Å². The van der Waals surface area contributed by atoms with Crippen molar-refractivity contribution in [2.45, 2.75) is 51.7 Å². The number of rotatable bonds is 4. The van der Waals surface area contributed by atoms with Gasteiger partial charge in [-0.1, -0.05) is 13.3 Å². The number of carbonyl (C=O) groups excluding carboxylic acids is 1. The van der Waals surface area contributed by atoms with Gasteiger partial charge in [-0.2, -0.15) is 0 Å². The number of aromatic nitrogens is 1. The molecule has 1 saturated heterocycles. The first-order chi connectivity index (χ1) is 8.65. The average Bonchev–Trinajstić information content (AvgIpc) is 2.95. The van der Waals surface area contributed by atoms with Crippen LogP contribution in [0.3, 0.4) is 0 Å². The Kier molecular flexibility index (Phi) is 4.01. The Labute approximate surface area is 106 Å². The van der Waals surface area contributed by atoms with Crippen molar-refractivity contribution in [1.82, 2.24) is 4.98 Å². The number of hydrogen-bond acceptors (Lipinski definition) is 5. The zero-order valence-electron chi connectivity index (χ0n) is 11.1. The lowest BCUT2D eigenvalue weighted by molar-refractivity contribution is 0.0362. The molecule has 0 aromatic carbocycles. The van der Waals surface area contributed by atoms with Crippen LogP contribution in [-0.4, -0.2) is 24.2 Å². The molecule has 1 fully saturated rings. The molecule has 100 valence electrons. The predicted octanol–water partition coefficient (Wildman–Crippen LogP) is 2.65. The number of ether oxygens (including phenoxy) is 2. The Morgan fingerprint density at radius 3 is 2.83 bits per heavy atom. The highest BCUT2D eigenvalue weighted by molar-refractivity contribution is 5.87. The Morgan fingerprint density at radius 1 is 1.50 bits per heavy atom. The fourth-order valence-electron chi connectivity index (χ4n) is 2.15. The van der Waals surface area contributed by atoms with Gasteiger partial charge in [0.15, 0.2) is 0 Å². The summed E-state index contributed by atoms with van der Waals surface area (Å²) in [5.74, 6) is 0.254. The molecule has 5 nitrogen and oxygen atoms in total. The second kappa shape index (κ2) is 5.52. The normalized spacial score (nSPS) is 23.3. The molecule has 1 aliphatic rings. The summed E-state index contributed by atoms with van der Waals surface area (Å²) in [6.07, 6.45) is 3.57. The third-order valence-electron chi connectivity index (χ3n) is 3.08. The van der Waals surface area contributed by atoms with Crippen molar-refractivity contribution in [3.05, 3.63) is 17.3 Å². The molecular weight excluding hydrogens is 234 g/mol. The summed E-state index contributed by atoms with van der Waals surface area (Å²) >= 11 is 0. The Morgan fingerprint density at radius 2 is 2.28 bits per heavy atom. The lowest BCUT2D eigenvalue weighted by atomic mass is 10.2. The zero-order valence-corrected chi connectivity index (χ0v) is 11.1. The van der Waals surface area contributed by atoms with E-state index in [9.17, 15) is 4.79 Å². The van der Waals surface area contributed by atoms with Gasteiger partial charge < -0.3 is 13.9 Å². The van der Waals surface area contributed by atoms with Gasteiger partial charge in [0.1, 0.15) is 6.10 Å². The van der Waals surface area contributed by atoms with Crippen LogP contribution in [0, 0.1) is 0 Å². The van der Waals surface area contributed by atoms with E-state index in [1.54, 1.807) is 0 Å². The van der Waals surface area contributed by atoms with Crippen molar-refractivity contribution < 1.29 is 18.7 Å². The molecule has 2 rings (SSSR count). The molecule has 1 aromatic heterocycles. The molecule has 0 aliphatic carbocycles. The molecule has 2 heterocycles. The molecule has 0 amide bonds. The van der Waals surface area contributed by atoms with Gasteiger partial charge in [-0.25, -0.2) is 9.78 Å². The number of nitrogens with zero attached hydrogens (tertiary/aromatic N) is 1.